The number of anilines is 1. The molecule has 2 N–H and O–H groups in total. The SMILES string of the molecule is Cc1nc(N2C(=O)C(=O)C(=C(O)c3ccccc3)C2c2cccc(O)c2)sc1C. The Balaban J connectivity index is 1.97. The van der Waals surface area contributed by atoms with Crippen LogP contribution < -0.4 is 4.90 Å². The van der Waals surface area contributed by atoms with E-state index in [0.29, 0.717) is 16.3 Å². The first-order valence-corrected chi connectivity index (χ1v) is 9.79. The molecule has 1 aliphatic heterocycles. The number of benzene rings is 2. The van der Waals surface area contributed by atoms with Crippen LogP contribution in [0, 0.1) is 13.8 Å². The molecule has 0 saturated carbocycles. The van der Waals surface area contributed by atoms with Crippen LogP contribution >= 0.6 is 11.3 Å². The molecular weight excluding hydrogens is 388 g/mol. The largest absolute Gasteiger partial charge is 0.508 e. The first-order chi connectivity index (χ1) is 13.9. The highest BCUT2D eigenvalue weighted by Gasteiger charge is 2.48. The molecule has 4 rings (SSSR count). The number of Topliss-reactive ketones (excluding diaryl/α,β-unsaturated/α-hetero) is 1. The summed E-state index contributed by atoms with van der Waals surface area (Å²) in [4.78, 5) is 32.6. The molecule has 6 nitrogen and oxygen atoms in total. The lowest BCUT2D eigenvalue weighted by Crippen LogP contribution is -2.29. The number of aliphatic hydroxyl groups excluding tert-OH is 1. The number of carbonyl (C=O) groups excluding carboxylic acids is 2. The second kappa shape index (κ2) is 7.18. The van der Waals surface area contributed by atoms with Gasteiger partial charge < -0.3 is 10.2 Å². The number of hydrogen-bond acceptors (Lipinski definition) is 6. The van der Waals surface area contributed by atoms with Crippen molar-refractivity contribution in [3.63, 3.8) is 0 Å². The molecule has 0 spiro atoms. The zero-order chi connectivity index (χ0) is 20.7. The van der Waals surface area contributed by atoms with Crippen molar-refractivity contribution in [1.82, 2.24) is 4.98 Å². The molecule has 1 aromatic heterocycles. The Bertz CT molecular complexity index is 1130. The Morgan fingerprint density at radius 2 is 1.79 bits per heavy atom. The van der Waals surface area contributed by atoms with E-state index in [1.807, 2.05) is 13.8 Å². The van der Waals surface area contributed by atoms with Crippen molar-refractivity contribution < 1.29 is 19.8 Å². The molecule has 146 valence electrons. The number of thiazole rings is 1. The van der Waals surface area contributed by atoms with Gasteiger partial charge >= 0.3 is 5.91 Å². The predicted molar refractivity (Wildman–Crippen MR) is 111 cm³/mol. The second-order valence-corrected chi connectivity index (χ2v) is 7.95. The molecule has 1 unspecified atom stereocenters. The van der Waals surface area contributed by atoms with Gasteiger partial charge in [0.05, 0.1) is 17.3 Å². The van der Waals surface area contributed by atoms with Gasteiger partial charge in [-0.25, -0.2) is 4.98 Å². The van der Waals surface area contributed by atoms with E-state index in [9.17, 15) is 19.8 Å². The number of hydrogen-bond donors (Lipinski definition) is 2. The number of phenols is 1. The molecule has 29 heavy (non-hydrogen) atoms. The van der Waals surface area contributed by atoms with E-state index in [1.54, 1.807) is 42.5 Å². The number of aliphatic hydroxyl groups is 1. The fraction of sp³-hybridized carbons (Fsp3) is 0.136. The van der Waals surface area contributed by atoms with Gasteiger partial charge in [-0.2, -0.15) is 0 Å². The van der Waals surface area contributed by atoms with Crippen molar-refractivity contribution in [1.29, 1.82) is 0 Å². The first kappa shape index (κ1) is 18.9. The number of aromatic nitrogens is 1. The molecule has 7 heteroatoms. The molecule has 1 amide bonds. The van der Waals surface area contributed by atoms with Crippen molar-refractivity contribution in [2.24, 2.45) is 0 Å². The van der Waals surface area contributed by atoms with Crippen LogP contribution in [0.25, 0.3) is 5.76 Å². The van der Waals surface area contributed by atoms with Gasteiger partial charge in [0.1, 0.15) is 11.5 Å². The number of nitrogens with zero attached hydrogens (tertiary/aromatic N) is 2. The monoisotopic (exact) mass is 406 g/mol. The third kappa shape index (κ3) is 3.19. The van der Waals surface area contributed by atoms with E-state index in [-0.39, 0.29) is 17.1 Å². The number of aryl methyl sites for hydroxylation is 2. The van der Waals surface area contributed by atoms with Crippen molar-refractivity contribution in [2.45, 2.75) is 19.9 Å². The summed E-state index contributed by atoms with van der Waals surface area (Å²) >= 11 is 1.30. The van der Waals surface area contributed by atoms with E-state index < -0.39 is 17.7 Å². The quantitative estimate of drug-likeness (QED) is 0.388. The molecule has 1 atom stereocenters. The van der Waals surface area contributed by atoms with Crippen LogP contribution in [0.3, 0.4) is 0 Å². The molecule has 0 bridgehead atoms. The van der Waals surface area contributed by atoms with Gasteiger partial charge in [-0.15, -0.1) is 11.3 Å². The zero-order valence-corrected chi connectivity index (χ0v) is 16.6. The minimum atomic E-state index is -0.896. The second-order valence-electron chi connectivity index (χ2n) is 6.77. The maximum atomic E-state index is 13.0. The Hall–Kier alpha value is -3.45. The lowest BCUT2D eigenvalue weighted by molar-refractivity contribution is -0.132. The van der Waals surface area contributed by atoms with Gasteiger partial charge in [-0.1, -0.05) is 42.5 Å². The van der Waals surface area contributed by atoms with Gasteiger partial charge in [0.2, 0.25) is 0 Å². The number of aromatic hydroxyl groups is 1. The van der Waals surface area contributed by atoms with Crippen LogP contribution in [-0.2, 0) is 9.59 Å². The summed E-state index contributed by atoms with van der Waals surface area (Å²) in [6, 6.07) is 14.0. The summed E-state index contributed by atoms with van der Waals surface area (Å²) in [5.41, 5.74) is 1.68. The standard InChI is InChI=1S/C22H18N2O4S/c1-12-13(2)29-22(23-12)24-18(15-9-6-10-16(25)11-15)17(20(27)21(24)28)19(26)14-7-4-3-5-8-14/h3-11,18,25-26H,1-2H3. The minimum absolute atomic E-state index is 0.000649. The highest BCUT2D eigenvalue weighted by molar-refractivity contribution is 7.16. The number of rotatable bonds is 3. The van der Waals surface area contributed by atoms with E-state index in [2.05, 4.69) is 4.98 Å². The summed E-state index contributed by atoms with van der Waals surface area (Å²) in [5, 5.41) is 21.3. The first-order valence-electron chi connectivity index (χ1n) is 8.98. The van der Waals surface area contributed by atoms with Crippen LogP contribution in [0.5, 0.6) is 5.75 Å². The summed E-state index contributed by atoms with van der Waals surface area (Å²) in [7, 11) is 0. The number of ketones is 1. The van der Waals surface area contributed by atoms with E-state index in [0.717, 1.165) is 10.6 Å². The molecular formula is C22H18N2O4S. The summed E-state index contributed by atoms with van der Waals surface area (Å²) in [6.45, 7) is 3.72. The Morgan fingerprint density at radius 3 is 2.41 bits per heavy atom. The minimum Gasteiger partial charge on any atom is -0.508 e. The number of phenolic OH excluding ortho intramolecular Hbond substituents is 1. The van der Waals surface area contributed by atoms with Crippen molar-refractivity contribution in [3.05, 3.63) is 81.9 Å². The third-order valence-corrected chi connectivity index (χ3v) is 5.97. The fourth-order valence-electron chi connectivity index (χ4n) is 3.35. The topological polar surface area (TPSA) is 90.7 Å². The lowest BCUT2D eigenvalue weighted by atomic mass is 9.95. The Kier molecular flexibility index (Phi) is 4.68. The van der Waals surface area contributed by atoms with Gasteiger partial charge in [0, 0.05) is 10.4 Å². The molecule has 3 aromatic rings. The summed E-state index contributed by atoms with van der Waals surface area (Å²) < 4.78 is 0. The van der Waals surface area contributed by atoms with Crippen molar-refractivity contribution in [2.75, 3.05) is 4.90 Å². The molecule has 0 radical (unpaired) electrons. The van der Waals surface area contributed by atoms with Crippen LogP contribution in [0.15, 0.2) is 60.2 Å². The highest BCUT2D eigenvalue weighted by atomic mass is 32.1. The lowest BCUT2D eigenvalue weighted by Gasteiger charge is -2.23. The van der Waals surface area contributed by atoms with Crippen LogP contribution in [0.4, 0.5) is 5.13 Å². The van der Waals surface area contributed by atoms with E-state index in [1.165, 1.54) is 28.4 Å². The highest BCUT2D eigenvalue weighted by Crippen LogP contribution is 2.44. The molecule has 1 fully saturated rings. The Morgan fingerprint density at radius 1 is 1.07 bits per heavy atom. The van der Waals surface area contributed by atoms with Crippen LogP contribution in [0.1, 0.15) is 27.7 Å². The third-order valence-electron chi connectivity index (χ3n) is 4.90. The van der Waals surface area contributed by atoms with Crippen molar-refractivity contribution >= 4 is 33.9 Å². The maximum Gasteiger partial charge on any atom is 0.301 e. The predicted octanol–water partition coefficient (Wildman–Crippen LogP) is 4.09. The molecule has 0 aliphatic carbocycles. The average molecular weight is 406 g/mol. The van der Waals surface area contributed by atoms with Crippen LogP contribution in [0.2, 0.25) is 0 Å². The van der Waals surface area contributed by atoms with E-state index >= 15 is 0 Å². The summed E-state index contributed by atoms with van der Waals surface area (Å²) in [5.74, 6) is -1.81. The van der Waals surface area contributed by atoms with Gasteiger partial charge in [-0.3, -0.25) is 14.5 Å². The van der Waals surface area contributed by atoms with Crippen molar-refractivity contribution in [3.8, 4) is 5.75 Å². The summed E-state index contributed by atoms with van der Waals surface area (Å²) in [6.07, 6.45) is 0. The van der Waals surface area contributed by atoms with Gasteiger partial charge in [0.25, 0.3) is 5.78 Å². The normalized spacial score (nSPS) is 18.4. The number of carbonyl (C=O) groups is 2. The fourth-order valence-corrected chi connectivity index (χ4v) is 4.29. The molecule has 2 aromatic carbocycles. The van der Waals surface area contributed by atoms with Gasteiger partial charge in [-0.05, 0) is 31.5 Å². The van der Waals surface area contributed by atoms with E-state index in [4.69, 9.17) is 0 Å². The Labute approximate surface area is 171 Å². The zero-order valence-electron chi connectivity index (χ0n) is 15.8. The maximum absolute atomic E-state index is 13.0. The average Bonchev–Trinajstić information content (AvgIpc) is 3.18. The smallest absolute Gasteiger partial charge is 0.301 e. The van der Waals surface area contributed by atoms with Gasteiger partial charge in [0.15, 0.2) is 5.13 Å². The molecule has 2 heterocycles. The number of amides is 1. The molecule has 1 aliphatic rings. The molecule has 1 saturated heterocycles. The van der Waals surface area contributed by atoms with Crippen LogP contribution in [-0.4, -0.2) is 26.9 Å².